The Kier molecular flexibility index (Phi) is 2.33. The minimum Gasteiger partial charge on any atom is -0.385 e. The highest BCUT2D eigenvalue weighted by Gasteiger charge is 2.39. The maximum Gasteiger partial charge on any atom is 0.0917 e. The van der Waals surface area contributed by atoms with Crippen molar-refractivity contribution in [1.29, 1.82) is 0 Å². The van der Waals surface area contributed by atoms with Gasteiger partial charge in [-0.2, -0.15) is 0 Å². The lowest BCUT2D eigenvalue weighted by atomic mass is 9.91. The first kappa shape index (κ1) is 9.69. The molecule has 0 spiro atoms. The monoisotopic (exact) mass is 191 g/mol. The molecular formula is C12H17NO. The number of nitrogens with two attached hydrogens (primary N) is 1. The molecule has 0 saturated carbocycles. The Morgan fingerprint density at radius 2 is 2.21 bits per heavy atom. The Labute approximate surface area is 84.7 Å². The highest BCUT2D eigenvalue weighted by Crippen LogP contribution is 2.44. The molecule has 2 heteroatoms. The fourth-order valence-electron chi connectivity index (χ4n) is 2.48. The predicted octanol–water partition coefficient (Wildman–Crippen LogP) is 2.08. The Bertz CT molecular complexity index is 337. The fraction of sp³-hybridized carbons (Fsp3) is 0.500. The maximum absolute atomic E-state index is 10.4. The summed E-state index contributed by atoms with van der Waals surface area (Å²) in [6.07, 6.45) is 2.45. The molecule has 76 valence electrons. The van der Waals surface area contributed by atoms with Gasteiger partial charge in [0.15, 0.2) is 0 Å². The molecule has 0 saturated heterocycles. The molecule has 1 aromatic carbocycles. The van der Waals surface area contributed by atoms with Gasteiger partial charge in [-0.25, -0.2) is 0 Å². The standard InChI is InChI=1S/C12H17NO/c1-2-7-12(14)8-11(13)9-5-3-4-6-10(9)12/h3-6,11,14H,2,7-8,13H2,1H3. The molecule has 2 unspecified atom stereocenters. The van der Waals surface area contributed by atoms with Crippen LogP contribution < -0.4 is 5.73 Å². The number of hydrogen-bond acceptors (Lipinski definition) is 2. The second kappa shape index (κ2) is 3.37. The molecule has 1 aliphatic rings. The topological polar surface area (TPSA) is 46.2 Å². The molecule has 2 nitrogen and oxygen atoms in total. The third kappa shape index (κ3) is 1.35. The average Bonchev–Trinajstić information content (AvgIpc) is 2.41. The van der Waals surface area contributed by atoms with Crippen molar-refractivity contribution in [3.8, 4) is 0 Å². The van der Waals surface area contributed by atoms with E-state index in [0.717, 1.165) is 24.0 Å². The summed E-state index contributed by atoms with van der Waals surface area (Å²) in [7, 11) is 0. The summed E-state index contributed by atoms with van der Waals surface area (Å²) in [5.74, 6) is 0. The van der Waals surface area contributed by atoms with Gasteiger partial charge < -0.3 is 10.8 Å². The lowest BCUT2D eigenvalue weighted by Gasteiger charge is -2.23. The first-order valence-corrected chi connectivity index (χ1v) is 5.25. The van der Waals surface area contributed by atoms with Gasteiger partial charge in [-0.3, -0.25) is 0 Å². The van der Waals surface area contributed by atoms with Gasteiger partial charge in [0, 0.05) is 6.04 Å². The quantitative estimate of drug-likeness (QED) is 0.751. The molecule has 0 amide bonds. The van der Waals surface area contributed by atoms with E-state index in [1.807, 2.05) is 24.3 Å². The van der Waals surface area contributed by atoms with E-state index in [1.54, 1.807) is 0 Å². The van der Waals surface area contributed by atoms with Gasteiger partial charge in [0.2, 0.25) is 0 Å². The number of benzene rings is 1. The van der Waals surface area contributed by atoms with Crippen molar-refractivity contribution in [2.45, 2.75) is 37.8 Å². The minimum absolute atomic E-state index is 0.00255. The van der Waals surface area contributed by atoms with Crippen LogP contribution in [0.1, 0.15) is 43.4 Å². The van der Waals surface area contributed by atoms with E-state index in [0.29, 0.717) is 6.42 Å². The maximum atomic E-state index is 10.4. The van der Waals surface area contributed by atoms with Crippen molar-refractivity contribution >= 4 is 0 Å². The van der Waals surface area contributed by atoms with E-state index in [-0.39, 0.29) is 6.04 Å². The van der Waals surface area contributed by atoms with Gasteiger partial charge in [0.05, 0.1) is 5.60 Å². The number of hydrogen-bond donors (Lipinski definition) is 2. The summed E-state index contributed by atoms with van der Waals surface area (Å²) >= 11 is 0. The highest BCUT2D eigenvalue weighted by atomic mass is 16.3. The Morgan fingerprint density at radius 3 is 2.93 bits per heavy atom. The Morgan fingerprint density at radius 1 is 1.50 bits per heavy atom. The van der Waals surface area contributed by atoms with Crippen LogP contribution in [0.4, 0.5) is 0 Å². The predicted molar refractivity (Wildman–Crippen MR) is 56.8 cm³/mol. The summed E-state index contributed by atoms with van der Waals surface area (Å²) in [5.41, 5.74) is 7.47. The molecule has 1 aromatic rings. The van der Waals surface area contributed by atoms with E-state index in [4.69, 9.17) is 5.73 Å². The number of rotatable bonds is 2. The van der Waals surface area contributed by atoms with Crippen molar-refractivity contribution in [2.75, 3.05) is 0 Å². The zero-order chi connectivity index (χ0) is 10.2. The molecule has 3 N–H and O–H groups in total. The first-order chi connectivity index (χ1) is 6.67. The van der Waals surface area contributed by atoms with Crippen molar-refractivity contribution in [3.63, 3.8) is 0 Å². The molecule has 2 rings (SSSR count). The molecule has 0 heterocycles. The first-order valence-electron chi connectivity index (χ1n) is 5.25. The summed E-state index contributed by atoms with van der Waals surface area (Å²) in [6.45, 7) is 2.09. The van der Waals surface area contributed by atoms with Crippen LogP contribution in [0.15, 0.2) is 24.3 Å². The van der Waals surface area contributed by atoms with Crippen LogP contribution in [0.2, 0.25) is 0 Å². The molecule has 2 atom stereocenters. The normalized spacial score (nSPS) is 30.4. The molecule has 0 aliphatic heterocycles. The molecule has 0 aromatic heterocycles. The van der Waals surface area contributed by atoms with Crippen molar-refractivity contribution in [2.24, 2.45) is 5.73 Å². The Hall–Kier alpha value is -0.860. The third-order valence-electron chi connectivity index (χ3n) is 3.08. The van der Waals surface area contributed by atoms with E-state index in [2.05, 4.69) is 6.92 Å². The van der Waals surface area contributed by atoms with Crippen molar-refractivity contribution < 1.29 is 5.11 Å². The van der Waals surface area contributed by atoms with Crippen LogP contribution in [0.5, 0.6) is 0 Å². The van der Waals surface area contributed by atoms with E-state index >= 15 is 0 Å². The van der Waals surface area contributed by atoms with Gasteiger partial charge >= 0.3 is 0 Å². The third-order valence-corrected chi connectivity index (χ3v) is 3.08. The number of aliphatic hydroxyl groups is 1. The molecule has 1 aliphatic carbocycles. The lowest BCUT2D eigenvalue weighted by molar-refractivity contribution is 0.0241. The average molecular weight is 191 g/mol. The van der Waals surface area contributed by atoms with E-state index < -0.39 is 5.60 Å². The Balaban J connectivity index is 2.43. The van der Waals surface area contributed by atoms with Crippen molar-refractivity contribution in [1.82, 2.24) is 0 Å². The van der Waals surface area contributed by atoms with E-state index in [1.165, 1.54) is 0 Å². The fourth-order valence-corrected chi connectivity index (χ4v) is 2.48. The summed E-state index contributed by atoms with van der Waals surface area (Å²) < 4.78 is 0. The van der Waals surface area contributed by atoms with Gasteiger partial charge in [0.25, 0.3) is 0 Å². The van der Waals surface area contributed by atoms with Crippen LogP contribution in [0.25, 0.3) is 0 Å². The van der Waals surface area contributed by atoms with Gasteiger partial charge in [-0.1, -0.05) is 37.6 Å². The van der Waals surface area contributed by atoms with Crippen LogP contribution in [0.3, 0.4) is 0 Å². The molecular weight excluding hydrogens is 174 g/mol. The van der Waals surface area contributed by atoms with Gasteiger partial charge in [-0.05, 0) is 24.0 Å². The SMILES string of the molecule is CCCC1(O)CC(N)c2ccccc21. The highest BCUT2D eigenvalue weighted by molar-refractivity contribution is 5.39. The molecule has 0 radical (unpaired) electrons. The lowest BCUT2D eigenvalue weighted by Crippen LogP contribution is -2.23. The minimum atomic E-state index is -0.676. The number of fused-ring (bicyclic) bond motifs is 1. The summed E-state index contributed by atoms with van der Waals surface area (Å²) in [5, 5.41) is 10.4. The zero-order valence-electron chi connectivity index (χ0n) is 8.53. The molecule has 0 bridgehead atoms. The van der Waals surface area contributed by atoms with Crippen LogP contribution in [0, 0.1) is 0 Å². The largest absolute Gasteiger partial charge is 0.385 e. The van der Waals surface area contributed by atoms with Gasteiger partial charge in [0.1, 0.15) is 0 Å². The smallest absolute Gasteiger partial charge is 0.0917 e. The zero-order valence-corrected chi connectivity index (χ0v) is 8.53. The van der Waals surface area contributed by atoms with Crippen molar-refractivity contribution in [3.05, 3.63) is 35.4 Å². The van der Waals surface area contributed by atoms with Crippen LogP contribution in [-0.2, 0) is 5.60 Å². The van der Waals surface area contributed by atoms with Crippen LogP contribution >= 0.6 is 0 Å². The summed E-state index contributed by atoms with van der Waals surface area (Å²) in [4.78, 5) is 0. The van der Waals surface area contributed by atoms with Crippen LogP contribution in [-0.4, -0.2) is 5.11 Å². The second-order valence-electron chi connectivity index (χ2n) is 4.18. The summed E-state index contributed by atoms with van der Waals surface area (Å²) in [6, 6.07) is 7.97. The molecule has 0 fully saturated rings. The molecule has 14 heavy (non-hydrogen) atoms. The van der Waals surface area contributed by atoms with Gasteiger partial charge in [-0.15, -0.1) is 0 Å². The van der Waals surface area contributed by atoms with E-state index in [9.17, 15) is 5.11 Å². The second-order valence-corrected chi connectivity index (χ2v) is 4.18.